The van der Waals surface area contributed by atoms with Crippen molar-refractivity contribution in [3.05, 3.63) is 59.0 Å². The van der Waals surface area contributed by atoms with Gasteiger partial charge in [-0.2, -0.15) is 0 Å². The van der Waals surface area contributed by atoms with E-state index in [1.165, 1.54) is 0 Å². The Balaban J connectivity index is 1.51. The van der Waals surface area contributed by atoms with Gasteiger partial charge in [0.05, 0.1) is 11.7 Å². The monoisotopic (exact) mass is 411 g/mol. The lowest BCUT2D eigenvalue weighted by Crippen LogP contribution is -2.37. The molecule has 29 heavy (non-hydrogen) atoms. The van der Waals surface area contributed by atoms with Crippen LogP contribution in [0.2, 0.25) is 5.15 Å². The molecule has 0 aromatic carbocycles. The van der Waals surface area contributed by atoms with Crippen LogP contribution in [0.3, 0.4) is 0 Å². The van der Waals surface area contributed by atoms with E-state index in [9.17, 15) is 4.79 Å². The van der Waals surface area contributed by atoms with E-state index in [1.807, 2.05) is 18.3 Å². The first-order chi connectivity index (χ1) is 13.9. The van der Waals surface area contributed by atoms with Crippen LogP contribution in [-0.2, 0) is 17.6 Å². The third-order valence-electron chi connectivity index (χ3n) is 5.08. The Kier molecular flexibility index (Phi) is 5.32. The lowest BCUT2D eigenvalue weighted by atomic mass is 9.74. The number of hydrogen-bond acceptors (Lipinski definition) is 6. The van der Waals surface area contributed by atoms with Crippen molar-refractivity contribution < 1.29 is 9.32 Å². The highest BCUT2D eigenvalue weighted by molar-refractivity contribution is 6.29. The molecule has 0 aliphatic heterocycles. The van der Waals surface area contributed by atoms with Gasteiger partial charge in [0.2, 0.25) is 5.91 Å². The third-order valence-corrected chi connectivity index (χ3v) is 5.26. The third kappa shape index (κ3) is 4.62. The van der Waals surface area contributed by atoms with Gasteiger partial charge in [-0.15, -0.1) is 0 Å². The van der Waals surface area contributed by atoms with Crippen LogP contribution in [0.4, 0.5) is 0 Å². The summed E-state index contributed by atoms with van der Waals surface area (Å²) in [6.07, 6.45) is 7.72. The first-order valence-electron chi connectivity index (χ1n) is 9.56. The molecular formula is C21H22ClN5O2. The van der Waals surface area contributed by atoms with Gasteiger partial charge in [-0.05, 0) is 30.4 Å². The maximum atomic E-state index is 12.5. The van der Waals surface area contributed by atoms with Gasteiger partial charge < -0.3 is 9.84 Å². The van der Waals surface area contributed by atoms with Crippen LogP contribution >= 0.6 is 11.6 Å². The Hall–Kier alpha value is -2.80. The maximum Gasteiger partial charge on any atom is 0.220 e. The predicted molar refractivity (Wildman–Crippen MR) is 108 cm³/mol. The minimum Gasteiger partial charge on any atom is -0.360 e. The Bertz CT molecular complexity index is 1020. The topological polar surface area (TPSA) is 93.8 Å². The van der Waals surface area contributed by atoms with Gasteiger partial charge in [-0.3, -0.25) is 9.78 Å². The van der Waals surface area contributed by atoms with E-state index in [-0.39, 0.29) is 17.4 Å². The molecule has 3 aromatic heterocycles. The fourth-order valence-corrected chi connectivity index (χ4v) is 3.88. The molecule has 1 unspecified atom stereocenters. The number of aromatic nitrogens is 4. The normalized spacial score (nSPS) is 17.6. The van der Waals surface area contributed by atoms with E-state index >= 15 is 0 Å². The number of halogens is 1. The summed E-state index contributed by atoms with van der Waals surface area (Å²) in [4.78, 5) is 25.9. The lowest BCUT2D eigenvalue weighted by Gasteiger charge is -2.36. The van der Waals surface area contributed by atoms with Crippen molar-refractivity contribution in [3.8, 4) is 11.4 Å². The first-order valence-corrected chi connectivity index (χ1v) is 9.94. The van der Waals surface area contributed by atoms with Crippen LogP contribution in [0.15, 0.2) is 41.3 Å². The molecule has 150 valence electrons. The second-order valence-electron chi connectivity index (χ2n) is 8.11. The van der Waals surface area contributed by atoms with Crippen LogP contribution in [0.1, 0.15) is 49.7 Å². The summed E-state index contributed by atoms with van der Waals surface area (Å²) < 4.78 is 5.06. The summed E-state index contributed by atoms with van der Waals surface area (Å²) in [7, 11) is 0. The molecule has 1 aliphatic carbocycles. The SMILES string of the molecule is CC1(C)Cc2nc(-c3ccncc3)ncc2C(NC(=O)CCc2cc(Cl)no2)C1. The van der Waals surface area contributed by atoms with Crippen molar-refractivity contribution in [2.45, 2.75) is 45.6 Å². The van der Waals surface area contributed by atoms with Gasteiger partial charge in [0.15, 0.2) is 11.0 Å². The zero-order chi connectivity index (χ0) is 20.4. The van der Waals surface area contributed by atoms with Crippen molar-refractivity contribution >= 4 is 17.5 Å². The van der Waals surface area contributed by atoms with E-state index in [4.69, 9.17) is 21.1 Å². The number of aryl methyl sites for hydroxylation is 1. The highest BCUT2D eigenvalue weighted by atomic mass is 35.5. The second-order valence-corrected chi connectivity index (χ2v) is 8.50. The summed E-state index contributed by atoms with van der Waals surface area (Å²) in [5.74, 6) is 1.22. The molecule has 7 nitrogen and oxygen atoms in total. The van der Waals surface area contributed by atoms with Gasteiger partial charge in [0.25, 0.3) is 0 Å². The number of rotatable bonds is 5. The van der Waals surface area contributed by atoms with Gasteiger partial charge in [-0.25, -0.2) is 9.97 Å². The zero-order valence-electron chi connectivity index (χ0n) is 16.4. The number of amides is 1. The number of carbonyl (C=O) groups excluding carboxylic acids is 1. The summed E-state index contributed by atoms with van der Waals surface area (Å²) in [6, 6.07) is 5.30. The van der Waals surface area contributed by atoms with Gasteiger partial charge in [0.1, 0.15) is 5.76 Å². The fraction of sp³-hybridized carbons (Fsp3) is 0.381. The molecule has 1 atom stereocenters. The number of carbonyl (C=O) groups is 1. The number of fused-ring (bicyclic) bond motifs is 1. The Morgan fingerprint density at radius 1 is 1.34 bits per heavy atom. The summed E-state index contributed by atoms with van der Waals surface area (Å²) in [5.41, 5.74) is 2.92. The largest absolute Gasteiger partial charge is 0.360 e. The van der Waals surface area contributed by atoms with Crippen molar-refractivity contribution in [2.24, 2.45) is 5.41 Å². The van der Waals surface area contributed by atoms with Crippen molar-refractivity contribution in [1.82, 2.24) is 25.4 Å². The minimum absolute atomic E-state index is 0.0211. The molecule has 1 aliphatic rings. The van der Waals surface area contributed by atoms with Crippen LogP contribution < -0.4 is 5.32 Å². The Morgan fingerprint density at radius 2 is 2.14 bits per heavy atom. The highest BCUT2D eigenvalue weighted by Crippen LogP contribution is 2.40. The van der Waals surface area contributed by atoms with Crippen LogP contribution in [0, 0.1) is 5.41 Å². The first kappa shape index (κ1) is 19.5. The second kappa shape index (κ2) is 7.91. The van der Waals surface area contributed by atoms with Gasteiger partial charge in [-0.1, -0.05) is 30.6 Å². The number of nitrogens with zero attached hydrogens (tertiary/aromatic N) is 4. The summed E-state index contributed by atoms with van der Waals surface area (Å²) in [5, 5.41) is 7.07. The van der Waals surface area contributed by atoms with E-state index in [0.717, 1.165) is 29.7 Å². The molecule has 3 heterocycles. The van der Waals surface area contributed by atoms with E-state index < -0.39 is 0 Å². The quantitative estimate of drug-likeness (QED) is 0.683. The van der Waals surface area contributed by atoms with E-state index in [2.05, 4.69) is 34.3 Å². The average Bonchev–Trinajstić information content (AvgIpc) is 3.11. The Labute approximate surface area is 173 Å². The highest BCUT2D eigenvalue weighted by Gasteiger charge is 2.34. The number of pyridine rings is 1. The molecule has 3 aromatic rings. The number of hydrogen-bond donors (Lipinski definition) is 1. The molecule has 0 saturated carbocycles. The molecule has 8 heteroatoms. The molecule has 0 spiro atoms. The van der Waals surface area contributed by atoms with Crippen molar-refractivity contribution in [2.75, 3.05) is 0 Å². The number of nitrogens with one attached hydrogen (secondary N) is 1. The maximum absolute atomic E-state index is 12.5. The molecule has 1 N–H and O–H groups in total. The molecule has 0 bridgehead atoms. The molecule has 0 saturated heterocycles. The van der Waals surface area contributed by atoms with Crippen molar-refractivity contribution in [3.63, 3.8) is 0 Å². The zero-order valence-corrected chi connectivity index (χ0v) is 17.1. The summed E-state index contributed by atoms with van der Waals surface area (Å²) >= 11 is 5.75. The molecule has 1 amide bonds. The minimum atomic E-state index is -0.119. The van der Waals surface area contributed by atoms with E-state index in [0.29, 0.717) is 29.6 Å². The average molecular weight is 412 g/mol. The molecule has 0 radical (unpaired) electrons. The lowest BCUT2D eigenvalue weighted by molar-refractivity contribution is -0.122. The van der Waals surface area contributed by atoms with Crippen LogP contribution in [0.25, 0.3) is 11.4 Å². The molecular weight excluding hydrogens is 390 g/mol. The van der Waals surface area contributed by atoms with Crippen LogP contribution in [-0.4, -0.2) is 26.0 Å². The predicted octanol–water partition coefficient (Wildman–Crippen LogP) is 3.94. The van der Waals surface area contributed by atoms with E-state index in [1.54, 1.807) is 18.5 Å². The Morgan fingerprint density at radius 3 is 2.86 bits per heavy atom. The summed E-state index contributed by atoms with van der Waals surface area (Å²) in [6.45, 7) is 4.39. The smallest absolute Gasteiger partial charge is 0.220 e. The van der Waals surface area contributed by atoms with Crippen molar-refractivity contribution in [1.29, 1.82) is 0 Å². The van der Waals surface area contributed by atoms with Crippen LogP contribution in [0.5, 0.6) is 0 Å². The van der Waals surface area contributed by atoms with Gasteiger partial charge >= 0.3 is 0 Å². The molecule has 4 rings (SSSR count). The fourth-order valence-electron chi connectivity index (χ4n) is 3.72. The van der Waals surface area contributed by atoms with Gasteiger partial charge in [0, 0.05) is 48.6 Å². The molecule has 0 fully saturated rings. The standard InChI is InChI=1S/C21H22ClN5O2/c1-21(2)10-16(25-19(28)4-3-14-9-18(22)27-29-14)15-12-24-20(26-17(15)11-21)13-5-7-23-8-6-13/h5-9,12,16H,3-4,10-11H2,1-2H3,(H,25,28).